The molecule has 0 aliphatic carbocycles. The molecule has 0 aliphatic heterocycles. The van der Waals surface area contributed by atoms with Gasteiger partial charge in [-0.1, -0.05) is 11.6 Å². The predicted octanol–water partition coefficient (Wildman–Crippen LogP) is 2.99. The van der Waals surface area contributed by atoms with Crippen molar-refractivity contribution in [2.45, 2.75) is 19.5 Å². The van der Waals surface area contributed by atoms with Crippen molar-refractivity contribution in [2.24, 2.45) is 0 Å². The van der Waals surface area contributed by atoms with Gasteiger partial charge >= 0.3 is 0 Å². The topological polar surface area (TPSA) is 80.0 Å². The molecular weight excluding hydrogens is 316 g/mol. The first-order valence-electron chi connectivity index (χ1n) is 7.10. The summed E-state index contributed by atoms with van der Waals surface area (Å²) in [6.07, 6.45) is 3.01. The predicted molar refractivity (Wildman–Crippen MR) is 88.2 cm³/mol. The van der Waals surface area contributed by atoms with Crippen LogP contribution in [0.5, 0.6) is 0 Å². The van der Waals surface area contributed by atoms with E-state index in [9.17, 15) is 4.79 Å². The summed E-state index contributed by atoms with van der Waals surface area (Å²) in [5.41, 5.74) is 0.721. The number of nitrogens with zero attached hydrogens (tertiary/aromatic N) is 2. The Labute approximate surface area is 137 Å². The molecule has 2 N–H and O–H groups in total. The molecule has 0 radical (unpaired) electrons. The Kier molecular flexibility index (Phi) is 4.43. The van der Waals surface area contributed by atoms with Crippen LogP contribution in [0.25, 0.3) is 10.9 Å². The van der Waals surface area contributed by atoms with Gasteiger partial charge in [-0.15, -0.1) is 0 Å². The third kappa shape index (κ3) is 3.60. The van der Waals surface area contributed by atoms with Crippen LogP contribution in [0, 0.1) is 0 Å². The van der Waals surface area contributed by atoms with Crippen molar-refractivity contribution in [1.82, 2.24) is 15.3 Å². The molecule has 3 rings (SSSR count). The van der Waals surface area contributed by atoms with Gasteiger partial charge in [-0.2, -0.15) is 0 Å². The summed E-state index contributed by atoms with van der Waals surface area (Å²) in [5, 5.41) is 7.31. The normalized spacial score (nSPS) is 12.1. The Morgan fingerprint density at radius 2 is 2.22 bits per heavy atom. The number of carbonyl (C=O) groups excluding carboxylic acids is 1. The number of rotatable bonds is 5. The highest BCUT2D eigenvalue weighted by Crippen LogP contribution is 2.22. The number of carbonyl (C=O) groups is 1. The van der Waals surface area contributed by atoms with Gasteiger partial charge in [0.15, 0.2) is 0 Å². The maximum absolute atomic E-state index is 12.2. The van der Waals surface area contributed by atoms with E-state index >= 15 is 0 Å². The molecule has 0 saturated heterocycles. The first-order chi connectivity index (χ1) is 11.1. The number of hydrogen-bond acceptors (Lipinski definition) is 5. The average Bonchev–Trinajstić information content (AvgIpc) is 3.06. The van der Waals surface area contributed by atoms with E-state index in [0.29, 0.717) is 23.1 Å². The van der Waals surface area contributed by atoms with Crippen LogP contribution in [0.4, 0.5) is 5.82 Å². The minimum absolute atomic E-state index is 0.151. The molecule has 0 spiro atoms. The van der Waals surface area contributed by atoms with E-state index in [1.807, 2.05) is 6.07 Å². The monoisotopic (exact) mass is 330 g/mol. The second kappa shape index (κ2) is 6.66. The van der Waals surface area contributed by atoms with Crippen LogP contribution in [-0.2, 0) is 11.3 Å². The number of aromatic nitrogens is 2. The third-order valence-corrected chi connectivity index (χ3v) is 3.60. The Hall–Kier alpha value is -2.60. The molecule has 7 heteroatoms. The summed E-state index contributed by atoms with van der Waals surface area (Å²) < 4.78 is 5.18. The average molecular weight is 331 g/mol. The number of halogens is 1. The molecule has 0 aliphatic rings. The van der Waals surface area contributed by atoms with Crippen molar-refractivity contribution >= 4 is 34.2 Å². The van der Waals surface area contributed by atoms with Crippen molar-refractivity contribution in [3.8, 4) is 0 Å². The number of fused-ring (bicyclic) bond motifs is 1. The van der Waals surface area contributed by atoms with Crippen molar-refractivity contribution in [1.29, 1.82) is 0 Å². The Balaban J connectivity index is 1.69. The molecule has 6 nitrogen and oxygen atoms in total. The van der Waals surface area contributed by atoms with Crippen molar-refractivity contribution in [2.75, 3.05) is 5.32 Å². The molecule has 1 amide bonds. The van der Waals surface area contributed by atoms with Crippen LogP contribution >= 0.6 is 11.6 Å². The maximum Gasteiger partial charge on any atom is 0.242 e. The van der Waals surface area contributed by atoms with E-state index in [1.165, 1.54) is 6.33 Å². The number of nitrogens with one attached hydrogen (secondary N) is 2. The van der Waals surface area contributed by atoms with Gasteiger partial charge in [-0.25, -0.2) is 9.97 Å². The smallest absolute Gasteiger partial charge is 0.242 e. The Bertz CT molecular complexity index is 820. The molecule has 1 aromatic carbocycles. The largest absolute Gasteiger partial charge is 0.467 e. The van der Waals surface area contributed by atoms with E-state index < -0.39 is 6.04 Å². The molecule has 0 saturated carbocycles. The van der Waals surface area contributed by atoms with Crippen LogP contribution < -0.4 is 10.6 Å². The lowest BCUT2D eigenvalue weighted by Crippen LogP contribution is -2.37. The molecular formula is C16H15ClN4O2. The highest BCUT2D eigenvalue weighted by atomic mass is 35.5. The van der Waals surface area contributed by atoms with E-state index in [1.54, 1.807) is 37.5 Å². The van der Waals surface area contributed by atoms with E-state index in [2.05, 4.69) is 20.6 Å². The van der Waals surface area contributed by atoms with Gasteiger partial charge < -0.3 is 15.1 Å². The molecule has 0 bridgehead atoms. The van der Waals surface area contributed by atoms with Crippen LogP contribution in [0.1, 0.15) is 12.7 Å². The van der Waals surface area contributed by atoms with Crippen LogP contribution in [-0.4, -0.2) is 21.9 Å². The fraction of sp³-hybridized carbons (Fsp3) is 0.188. The molecule has 1 atom stereocenters. The number of benzene rings is 1. The summed E-state index contributed by atoms with van der Waals surface area (Å²) in [4.78, 5) is 20.5. The van der Waals surface area contributed by atoms with Gasteiger partial charge in [0.05, 0.1) is 18.3 Å². The summed E-state index contributed by atoms with van der Waals surface area (Å²) in [6, 6.07) is 8.47. The van der Waals surface area contributed by atoms with E-state index in [0.717, 1.165) is 10.9 Å². The SMILES string of the molecule is CC(Nc1ncnc2cc(Cl)ccc12)C(=O)NCc1ccco1. The van der Waals surface area contributed by atoms with Gasteiger partial charge in [0.2, 0.25) is 5.91 Å². The first-order valence-corrected chi connectivity index (χ1v) is 7.48. The van der Waals surface area contributed by atoms with Crippen LogP contribution in [0.2, 0.25) is 5.02 Å². The third-order valence-electron chi connectivity index (χ3n) is 3.36. The van der Waals surface area contributed by atoms with Gasteiger partial charge in [-0.05, 0) is 37.3 Å². The second-order valence-electron chi connectivity index (χ2n) is 5.05. The van der Waals surface area contributed by atoms with E-state index in [4.69, 9.17) is 16.0 Å². The molecule has 23 heavy (non-hydrogen) atoms. The Morgan fingerprint density at radius 3 is 3.00 bits per heavy atom. The lowest BCUT2D eigenvalue weighted by molar-refractivity contribution is -0.121. The number of furan rings is 1. The second-order valence-corrected chi connectivity index (χ2v) is 5.48. The fourth-order valence-electron chi connectivity index (χ4n) is 2.16. The lowest BCUT2D eigenvalue weighted by atomic mass is 10.2. The molecule has 3 aromatic rings. The molecule has 1 unspecified atom stereocenters. The van der Waals surface area contributed by atoms with Crippen LogP contribution in [0.3, 0.4) is 0 Å². The number of anilines is 1. The van der Waals surface area contributed by atoms with Crippen LogP contribution in [0.15, 0.2) is 47.3 Å². The van der Waals surface area contributed by atoms with Gasteiger partial charge in [0.25, 0.3) is 0 Å². The van der Waals surface area contributed by atoms with Crippen molar-refractivity contribution < 1.29 is 9.21 Å². The van der Waals surface area contributed by atoms with Gasteiger partial charge in [-0.3, -0.25) is 4.79 Å². The maximum atomic E-state index is 12.2. The lowest BCUT2D eigenvalue weighted by Gasteiger charge is -2.15. The van der Waals surface area contributed by atoms with Crippen molar-refractivity contribution in [3.63, 3.8) is 0 Å². The fourth-order valence-corrected chi connectivity index (χ4v) is 2.32. The first kappa shape index (κ1) is 15.3. The van der Waals surface area contributed by atoms with Gasteiger partial charge in [0.1, 0.15) is 23.9 Å². The standard InChI is InChI=1S/C16H15ClN4O2/c1-10(16(22)18-8-12-3-2-6-23-12)21-15-13-5-4-11(17)7-14(13)19-9-20-15/h2-7,9-10H,8H2,1H3,(H,18,22)(H,19,20,21). The zero-order valence-electron chi connectivity index (χ0n) is 12.4. The summed E-state index contributed by atoms with van der Waals surface area (Å²) in [7, 11) is 0. The zero-order valence-corrected chi connectivity index (χ0v) is 13.2. The summed E-state index contributed by atoms with van der Waals surface area (Å²) in [6.45, 7) is 2.11. The van der Waals surface area contributed by atoms with Crippen molar-refractivity contribution in [3.05, 3.63) is 53.7 Å². The highest BCUT2D eigenvalue weighted by molar-refractivity contribution is 6.31. The number of hydrogen-bond donors (Lipinski definition) is 2. The summed E-state index contributed by atoms with van der Waals surface area (Å²) in [5.74, 6) is 1.14. The molecule has 0 fully saturated rings. The minimum Gasteiger partial charge on any atom is -0.467 e. The quantitative estimate of drug-likeness (QED) is 0.751. The zero-order chi connectivity index (χ0) is 16.2. The molecule has 118 valence electrons. The molecule has 2 heterocycles. The number of amides is 1. The minimum atomic E-state index is -0.459. The van der Waals surface area contributed by atoms with Gasteiger partial charge in [0, 0.05) is 10.4 Å². The highest BCUT2D eigenvalue weighted by Gasteiger charge is 2.15. The van der Waals surface area contributed by atoms with E-state index in [-0.39, 0.29) is 5.91 Å². The Morgan fingerprint density at radius 1 is 1.35 bits per heavy atom. The molecule has 2 aromatic heterocycles. The summed E-state index contributed by atoms with van der Waals surface area (Å²) >= 11 is 5.96.